The van der Waals surface area contributed by atoms with Crippen molar-refractivity contribution in [3.63, 3.8) is 0 Å². The average Bonchev–Trinajstić information content (AvgIpc) is 3.53. The maximum absolute atomic E-state index is 13.7. The van der Waals surface area contributed by atoms with Gasteiger partial charge in [-0.3, -0.25) is 15.4 Å². The van der Waals surface area contributed by atoms with Crippen molar-refractivity contribution in [2.45, 2.75) is 43.9 Å². The number of carboxylic acids is 1. The molecule has 0 aliphatic carbocycles. The molecule has 0 radical (unpaired) electrons. The summed E-state index contributed by atoms with van der Waals surface area (Å²) >= 11 is 14.4. The maximum Gasteiger partial charge on any atom is 0.336 e. The molecule has 10 nitrogen and oxygen atoms in total. The van der Waals surface area contributed by atoms with Crippen molar-refractivity contribution < 1.29 is 38.8 Å². The number of pyridine rings is 1. The second-order valence-electron chi connectivity index (χ2n) is 12.3. The summed E-state index contributed by atoms with van der Waals surface area (Å²) in [6, 6.07) is 15.7. The van der Waals surface area contributed by atoms with Crippen molar-refractivity contribution in [3.05, 3.63) is 109 Å². The predicted octanol–water partition coefficient (Wildman–Crippen LogP) is 6.14. The van der Waals surface area contributed by atoms with Crippen LogP contribution in [0.3, 0.4) is 0 Å². The van der Waals surface area contributed by atoms with Crippen LogP contribution in [-0.2, 0) is 22.5 Å². The fourth-order valence-corrected chi connectivity index (χ4v) is 8.63. The van der Waals surface area contributed by atoms with Gasteiger partial charge >= 0.3 is 11.9 Å². The molecule has 3 aliphatic rings. The van der Waals surface area contributed by atoms with Crippen molar-refractivity contribution in [3.8, 4) is 11.5 Å². The lowest BCUT2D eigenvalue weighted by Crippen LogP contribution is -2.52. The number of esters is 1. The number of thiophene rings is 1. The second kappa shape index (κ2) is 15.3. The molecule has 2 aromatic heterocycles. The van der Waals surface area contributed by atoms with Gasteiger partial charge in [-0.2, -0.15) is 0 Å². The number of fused-ring (bicyclic) bond motifs is 3. The smallest absolute Gasteiger partial charge is 0.336 e. The standard InChI is InChI=1S/C36H37Cl2N3O7S/c1-46-30-9-8-23(14-31(30)47-2)25(16-26-28(37)18-41(45)19-29(26)38)34-27(35(42)43)15-24(49-34)17-39-33(22-6-4-3-5-7-22)36(44)48-32-20-40-12-10-21(32)11-13-40/h3-9,14-15,18-19,21,25,32-33,39H,10-13,16-17,20H2,1-2H3,(H-,42,43,45)/p+1/t25-,32-,33?/m0/s1. The highest BCUT2D eigenvalue weighted by molar-refractivity contribution is 7.12. The minimum atomic E-state index is -1.09. The number of nitrogens with one attached hydrogen (secondary N) is 1. The molecular formula is C36H38Cl2N3O7S+. The lowest BCUT2D eigenvalue weighted by molar-refractivity contribution is -0.904. The third-order valence-corrected chi connectivity index (χ3v) is 11.3. The molecule has 13 heteroatoms. The molecule has 5 heterocycles. The van der Waals surface area contributed by atoms with Crippen LogP contribution < -0.4 is 19.5 Å². The van der Waals surface area contributed by atoms with Crippen LogP contribution in [0.1, 0.15) is 61.6 Å². The third-order valence-electron chi connectivity index (χ3n) is 9.36. The lowest BCUT2D eigenvalue weighted by atomic mass is 9.86. The van der Waals surface area contributed by atoms with E-state index in [4.69, 9.17) is 37.4 Å². The molecule has 3 saturated heterocycles. The number of carbonyl (C=O) groups excluding carboxylic acids is 1. The molecule has 3 fully saturated rings. The lowest BCUT2D eigenvalue weighted by Gasteiger charge is -2.44. The first-order valence-electron chi connectivity index (χ1n) is 16.0. The number of methoxy groups -OCH3 is 2. The van der Waals surface area contributed by atoms with Crippen LogP contribution in [0.5, 0.6) is 11.5 Å². The minimum Gasteiger partial charge on any atom is -0.493 e. The van der Waals surface area contributed by atoms with Gasteiger partial charge in [-0.15, -0.1) is 11.3 Å². The summed E-state index contributed by atoms with van der Waals surface area (Å²) in [4.78, 5) is 30.1. The summed E-state index contributed by atoms with van der Waals surface area (Å²) < 4.78 is 17.9. The average molecular weight is 728 g/mol. The largest absolute Gasteiger partial charge is 0.493 e. The van der Waals surface area contributed by atoms with E-state index in [2.05, 4.69) is 10.2 Å². The summed E-state index contributed by atoms with van der Waals surface area (Å²) in [5, 5.41) is 24.2. The minimum absolute atomic E-state index is 0.119. The number of aromatic carboxylic acids is 1. The number of hydrogen-bond acceptors (Lipinski definition) is 9. The first-order valence-corrected chi connectivity index (χ1v) is 17.6. The van der Waals surface area contributed by atoms with E-state index >= 15 is 0 Å². The SMILES string of the molecule is COc1ccc([C@H](Cc2c(Cl)c[n+](O)cc2Cl)c2sc(CNC(C(=O)O[C@H]3CN4CCC3CC4)c3ccccc3)cc2C(=O)O)cc1OC. The van der Waals surface area contributed by atoms with Gasteiger partial charge in [-0.1, -0.05) is 59.6 Å². The van der Waals surface area contributed by atoms with Gasteiger partial charge in [0.25, 0.3) is 0 Å². The molecule has 3 N–H and O–H groups in total. The normalized spacial score (nSPS) is 19.6. The number of aromatic nitrogens is 1. The van der Waals surface area contributed by atoms with Crippen LogP contribution in [0.2, 0.25) is 10.0 Å². The molecule has 0 saturated carbocycles. The van der Waals surface area contributed by atoms with Crippen molar-refractivity contribution in [1.29, 1.82) is 0 Å². The van der Waals surface area contributed by atoms with Crippen molar-refractivity contribution in [2.75, 3.05) is 33.9 Å². The van der Waals surface area contributed by atoms with Gasteiger partial charge in [-0.05, 0) is 67.6 Å². The Bertz CT molecular complexity index is 1790. The number of hydrogen-bond donors (Lipinski definition) is 3. The van der Waals surface area contributed by atoms with Crippen LogP contribution in [0, 0.1) is 5.92 Å². The Morgan fingerprint density at radius 2 is 1.69 bits per heavy atom. The Labute approximate surface area is 298 Å². The van der Waals surface area contributed by atoms with E-state index in [-0.39, 0.29) is 40.6 Å². The third kappa shape index (κ3) is 7.81. The number of carbonyl (C=O) groups is 2. The highest BCUT2D eigenvalue weighted by atomic mass is 35.5. The Balaban J connectivity index is 1.33. The predicted molar refractivity (Wildman–Crippen MR) is 185 cm³/mol. The van der Waals surface area contributed by atoms with E-state index in [0.717, 1.165) is 48.3 Å². The van der Waals surface area contributed by atoms with E-state index in [1.165, 1.54) is 30.8 Å². The first kappa shape index (κ1) is 35.0. The first-order chi connectivity index (χ1) is 23.6. The fraction of sp³-hybridized carbons (Fsp3) is 0.361. The van der Waals surface area contributed by atoms with Crippen molar-refractivity contribution in [1.82, 2.24) is 10.2 Å². The Morgan fingerprint density at radius 3 is 2.31 bits per heavy atom. The van der Waals surface area contributed by atoms with Crippen LogP contribution in [0.15, 0.2) is 67.0 Å². The Kier molecular flexibility index (Phi) is 11.0. The molecule has 4 aromatic rings. The molecule has 1 unspecified atom stereocenters. The van der Waals surface area contributed by atoms with Gasteiger partial charge in [-0.25, -0.2) is 9.59 Å². The zero-order chi connectivity index (χ0) is 34.7. The monoisotopic (exact) mass is 726 g/mol. The maximum atomic E-state index is 13.7. The van der Waals surface area contributed by atoms with Crippen LogP contribution >= 0.6 is 34.5 Å². The molecular weight excluding hydrogens is 689 g/mol. The van der Waals surface area contributed by atoms with Crippen LogP contribution in [0.4, 0.5) is 0 Å². The Hall–Kier alpha value is -3.87. The molecule has 7 rings (SSSR count). The summed E-state index contributed by atoms with van der Waals surface area (Å²) in [7, 11) is 3.07. The molecule has 2 aromatic carbocycles. The number of carboxylic acid groups (broad SMARTS) is 1. The molecule has 258 valence electrons. The molecule has 49 heavy (non-hydrogen) atoms. The van der Waals surface area contributed by atoms with Gasteiger partial charge in [0.2, 0.25) is 12.4 Å². The highest BCUT2D eigenvalue weighted by Gasteiger charge is 2.38. The number of rotatable bonds is 13. The molecule has 3 aliphatic heterocycles. The topological polar surface area (TPSA) is 121 Å². The summed E-state index contributed by atoms with van der Waals surface area (Å²) in [5.74, 6) is -0.604. The van der Waals surface area contributed by atoms with Gasteiger partial charge in [0, 0.05) is 39.1 Å². The van der Waals surface area contributed by atoms with Gasteiger partial charge < -0.3 is 19.3 Å². The molecule has 0 amide bonds. The molecule has 3 atom stereocenters. The molecule has 2 bridgehead atoms. The van der Waals surface area contributed by atoms with Crippen molar-refractivity contribution in [2.24, 2.45) is 5.92 Å². The quantitative estimate of drug-likeness (QED) is 0.0848. The number of halogens is 2. The fourth-order valence-electron chi connectivity index (χ4n) is 6.79. The summed E-state index contributed by atoms with van der Waals surface area (Å²) in [5.41, 5.74) is 2.17. The van der Waals surface area contributed by atoms with Gasteiger partial charge in [0.05, 0.1) is 19.8 Å². The molecule has 0 spiro atoms. The zero-order valence-electron chi connectivity index (χ0n) is 27.1. The number of nitrogens with zero attached hydrogens (tertiary/aromatic N) is 2. The Morgan fingerprint density at radius 1 is 1.00 bits per heavy atom. The van der Waals surface area contributed by atoms with E-state index in [9.17, 15) is 19.9 Å². The zero-order valence-corrected chi connectivity index (χ0v) is 29.4. The number of ether oxygens (including phenoxy) is 3. The van der Waals surface area contributed by atoms with Crippen molar-refractivity contribution >= 4 is 46.5 Å². The number of piperidine rings is 3. The summed E-state index contributed by atoms with van der Waals surface area (Å²) in [6.45, 7) is 3.05. The summed E-state index contributed by atoms with van der Waals surface area (Å²) in [6.07, 6.45) is 4.79. The number of benzene rings is 2. The highest BCUT2D eigenvalue weighted by Crippen LogP contribution is 2.42. The van der Waals surface area contributed by atoms with Gasteiger partial charge in [0.15, 0.2) is 11.5 Å². The van der Waals surface area contributed by atoms with Crippen LogP contribution in [-0.4, -0.2) is 67.1 Å². The van der Waals surface area contributed by atoms with E-state index < -0.39 is 17.9 Å². The van der Waals surface area contributed by atoms with E-state index in [1.54, 1.807) is 25.3 Å². The van der Waals surface area contributed by atoms with E-state index in [1.807, 2.05) is 36.4 Å². The van der Waals surface area contributed by atoms with Gasteiger partial charge in [0.1, 0.15) is 22.2 Å². The van der Waals surface area contributed by atoms with E-state index in [0.29, 0.717) is 32.7 Å². The second-order valence-corrected chi connectivity index (χ2v) is 14.3. The van der Waals surface area contributed by atoms with Crippen LogP contribution in [0.25, 0.3) is 0 Å².